The SMILES string of the molecule is CC[C@H]1O[C@@H](OC)C(O)(CF)[C@H]1C. The van der Waals surface area contributed by atoms with Gasteiger partial charge in [-0.05, 0) is 6.42 Å². The van der Waals surface area contributed by atoms with E-state index < -0.39 is 18.6 Å². The van der Waals surface area contributed by atoms with Crippen molar-refractivity contribution < 1.29 is 19.0 Å². The first-order valence-electron chi connectivity index (χ1n) is 4.56. The van der Waals surface area contributed by atoms with Crippen LogP contribution in [0.1, 0.15) is 20.3 Å². The molecule has 1 heterocycles. The van der Waals surface area contributed by atoms with Gasteiger partial charge in [0.1, 0.15) is 12.3 Å². The highest BCUT2D eigenvalue weighted by atomic mass is 19.1. The van der Waals surface area contributed by atoms with Crippen LogP contribution >= 0.6 is 0 Å². The van der Waals surface area contributed by atoms with Gasteiger partial charge in [-0.2, -0.15) is 0 Å². The van der Waals surface area contributed by atoms with E-state index >= 15 is 0 Å². The van der Waals surface area contributed by atoms with Crippen molar-refractivity contribution >= 4 is 0 Å². The van der Waals surface area contributed by atoms with Gasteiger partial charge in [0.2, 0.25) is 0 Å². The first kappa shape index (κ1) is 10.9. The van der Waals surface area contributed by atoms with E-state index in [0.29, 0.717) is 0 Å². The summed E-state index contributed by atoms with van der Waals surface area (Å²) in [6, 6.07) is 0. The van der Waals surface area contributed by atoms with Crippen molar-refractivity contribution in [2.45, 2.75) is 38.3 Å². The summed E-state index contributed by atoms with van der Waals surface area (Å²) in [5, 5.41) is 9.90. The van der Waals surface area contributed by atoms with Crippen molar-refractivity contribution in [1.82, 2.24) is 0 Å². The zero-order valence-electron chi connectivity index (χ0n) is 8.29. The number of rotatable bonds is 3. The Morgan fingerprint density at radius 2 is 2.23 bits per heavy atom. The third kappa shape index (κ3) is 1.58. The lowest BCUT2D eigenvalue weighted by molar-refractivity contribution is -0.193. The minimum Gasteiger partial charge on any atom is -0.381 e. The van der Waals surface area contributed by atoms with Gasteiger partial charge in [0.05, 0.1) is 6.10 Å². The fourth-order valence-electron chi connectivity index (χ4n) is 1.83. The summed E-state index contributed by atoms with van der Waals surface area (Å²) < 4.78 is 22.9. The second-order valence-corrected chi connectivity index (χ2v) is 3.56. The highest BCUT2D eigenvalue weighted by molar-refractivity contribution is 4.96. The van der Waals surface area contributed by atoms with Crippen LogP contribution in [0.4, 0.5) is 4.39 Å². The molecule has 0 aliphatic carbocycles. The molecule has 78 valence electrons. The van der Waals surface area contributed by atoms with Crippen molar-refractivity contribution in [3.63, 3.8) is 0 Å². The van der Waals surface area contributed by atoms with E-state index in [1.165, 1.54) is 7.11 Å². The number of hydrogen-bond donors (Lipinski definition) is 1. The molecule has 0 saturated carbocycles. The van der Waals surface area contributed by atoms with Gasteiger partial charge in [-0.25, -0.2) is 4.39 Å². The van der Waals surface area contributed by atoms with Crippen LogP contribution in [0.3, 0.4) is 0 Å². The maximum atomic E-state index is 12.7. The molecule has 1 unspecified atom stereocenters. The Morgan fingerprint density at radius 1 is 1.62 bits per heavy atom. The zero-order chi connectivity index (χ0) is 10.1. The van der Waals surface area contributed by atoms with E-state index in [-0.39, 0.29) is 12.0 Å². The molecule has 0 aromatic rings. The maximum Gasteiger partial charge on any atom is 0.189 e. The summed E-state index contributed by atoms with van der Waals surface area (Å²) in [6.45, 7) is 2.90. The molecule has 0 aromatic carbocycles. The minimum atomic E-state index is -1.48. The van der Waals surface area contributed by atoms with Gasteiger partial charge in [-0.3, -0.25) is 0 Å². The van der Waals surface area contributed by atoms with Crippen LogP contribution in [0.5, 0.6) is 0 Å². The van der Waals surface area contributed by atoms with Crippen molar-refractivity contribution in [2.75, 3.05) is 13.8 Å². The van der Waals surface area contributed by atoms with Gasteiger partial charge in [0.15, 0.2) is 6.29 Å². The molecule has 1 saturated heterocycles. The lowest BCUT2D eigenvalue weighted by Gasteiger charge is -2.27. The molecule has 3 nitrogen and oxygen atoms in total. The van der Waals surface area contributed by atoms with Crippen molar-refractivity contribution in [3.8, 4) is 0 Å². The summed E-state index contributed by atoms with van der Waals surface area (Å²) in [7, 11) is 1.41. The van der Waals surface area contributed by atoms with Gasteiger partial charge < -0.3 is 14.6 Å². The third-order valence-corrected chi connectivity index (χ3v) is 2.88. The highest BCUT2D eigenvalue weighted by Crippen LogP contribution is 2.38. The molecule has 1 aliphatic rings. The predicted octanol–water partition coefficient (Wildman–Crippen LogP) is 1.10. The minimum absolute atomic E-state index is 0.120. The fourth-order valence-corrected chi connectivity index (χ4v) is 1.83. The average molecular weight is 192 g/mol. The van der Waals surface area contributed by atoms with Crippen molar-refractivity contribution in [3.05, 3.63) is 0 Å². The topological polar surface area (TPSA) is 38.7 Å². The molecule has 0 spiro atoms. The molecule has 1 rings (SSSR count). The van der Waals surface area contributed by atoms with Crippen LogP contribution in [-0.4, -0.2) is 36.9 Å². The zero-order valence-corrected chi connectivity index (χ0v) is 8.29. The summed E-state index contributed by atoms with van der Waals surface area (Å²) in [4.78, 5) is 0. The Balaban J connectivity index is 2.80. The largest absolute Gasteiger partial charge is 0.381 e. The predicted molar refractivity (Wildman–Crippen MR) is 46.0 cm³/mol. The molecule has 13 heavy (non-hydrogen) atoms. The first-order chi connectivity index (χ1) is 6.10. The van der Waals surface area contributed by atoms with E-state index in [0.717, 1.165) is 6.42 Å². The molecule has 1 fully saturated rings. The molecular formula is C9H17FO3. The van der Waals surface area contributed by atoms with E-state index in [2.05, 4.69) is 0 Å². The maximum absolute atomic E-state index is 12.7. The summed E-state index contributed by atoms with van der Waals surface area (Å²) in [6.07, 6.45) is -0.202. The lowest BCUT2D eigenvalue weighted by Crippen LogP contribution is -2.46. The molecule has 1 N–H and O–H groups in total. The van der Waals surface area contributed by atoms with E-state index in [4.69, 9.17) is 9.47 Å². The number of ether oxygens (including phenoxy) is 2. The van der Waals surface area contributed by atoms with Crippen LogP contribution in [0.25, 0.3) is 0 Å². The Labute approximate surface area is 77.8 Å². The van der Waals surface area contributed by atoms with Crippen molar-refractivity contribution in [2.24, 2.45) is 5.92 Å². The Bertz CT molecular complexity index is 172. The molecule has 0 bridgehead atoms. The number of aliphatic hydroxyl groups is 1. The Hall–Kier alpha value is -0.190. The number of methoxy groups -OCH3 is 1. The number of hydrogen-bond acceptors (Lipinski definition) is 3. The smallest absolute Gasteiger partial charge is 0.189 e. The summed E-state index contributed by atoms with van der Waals surface area (Å²) in [5.41, 5.74) is -1.48. The molecule has 0 aromatic heterocycles. The molecule has 4 heteroatoms. The summed E-state index contributed by atoms with van der Waals surface area (Å²) in [5.74, 6) is -0.229. The second kappa shape index (κ2) is 3.90. The van der Waals surface area contributed by atoms with Crippen LogP contribution in [0, 0.1) is 5.92 Å². The Kier molecular flexibility index (Phi) is 3.27. The van der Waals surface area contributed by atoms with Gasteiger partial charge in [-0.1, -0.05) is 13.8 Å². The van der Waals surface area contributed by atoms with Crippen LogP contribution < -0.4 is 0 Å². The quantitative estimate of drug-likeness (QED) is 0.727. The first-order valence-corrected chi connectivity index (χ1v) is 4.56. The lowest BCUT2D eigenvalue weighted by atomic mass is 9.87. The summed E-state index contributed by atoms with van der Waals surface area (Å²) >= 11 is 0. The van der Waals surface area contributed by atoms with E-state index in [9.17, 15) is 9.50 Å². The van der Waals surface area contributed by atoms with Crippen molar-refractivity contribution in [1.29, 1.82) is 0 Å². The standard InChI is InChI=1S/C9H17FO3/c1-4-7-6(2)9(11,5-10)8(12-3)13-7/h6-8,11H,4-5H2,1-3H3/t6-,7+,8+,9?/m0/s1. The molecular weight excluding hydrogens is 175 g/mol. The van der Waals surface area contributed by atoms with Gasteiger partial charge in [-0.15, -0.1) is 0 Å². The molecule has 0 radical (unpaired) electrons. The Morgan fingerprint density at radius 3 is 2.54 bits per heavy atom. The highest BCUT2D eigenvalue weighted by Gasteiger charge is 2.53. The molecule has 4 atom stereocenters. The van der Waals surface area contributed by atoms with Crippen LogP contribution in [-0.2, 0) is 9.47 Å². The van der Waals surface area contributed by atoms with E-state index in [1.54, 1.807) is 6.92 Å². The monoisotopic (exact) mass is 192 g/mol. The second-order valence-electron chi connectivity index (χ2n) is 3.56. The number of halogens is 1. The van der Waals surface area contributed by atoms with Crippen LogP contribution in [0.2, 0.25) is 0 Å². The molecule has 1 aliphatic heterocycles. The van der Waals surface area contributed by atoms with Gasteiger partial charge in [0, 0.05) is 13.0 Å². The third-order valence-electron chi connectivity index (χ3n) is 2.88. The van der Waals surface area contributed by atoms with E-state index in [1.807, 2.05) is 6.92 Å². The molecule has 0 amide bonds. The average Bonchev–Trinajstić information content (AvgIpc) is 2.41. The normalized spacial score (nSPS) is 45.5. The van der Waals surface area contributed by atoms with Crippen LogP contribution in [0.15, 0.2) is 0 Å². The van der Waals surface area contributed by atoms with Gasteiger partial charge >= 0.3 is 0 Å². The fraction of sp³-hybridized carbons (Fsp3) is 1.00. The van der Waals surface area contributed by atoms with Gasteiger partial charge in [0.25, 0.3) is 0 Å². The number of alkyl halides is 1.